The van der Waals surface area contributed by atoms with Crippen molar-refractivity contribution in [2.45, 2.75) is 0 Å². The van der Waals surface area contributed by atoms with Crippen LogP contribution in [0.15, 0.2) is 73.3 Å². The largest absolute Gasteiger partial charge is 0.387 e. The maximum atomic E-state index is 11.3. The predicted octanol–water partition coefficient (Wildman–Crippen LogP) is 4.84. The fraction of sp³-hybridized carbons (Fsp3) is 0.0455. The van der Waals surface area contributed by atoms with E-state index < -0.39 is 4.92 Å². The molecule has 0 unspecified atom stereocenters. The first-order chi connectivity index (χ1) is 14.6. The van der Waals surface area contributed by atoms with Crippen LogP contribution in [0.4, 0.5) is 17.2 Å². The number of nitrogens with zero attached hydrogens (tertiary/aromatic N) is 5. The van der Waals surface area contributed by atoms with Crippen LogP contribution in [0.3, 0.4) is 0 Å². The van der Waals surface area contributed by atoms with E-state index in [4.69, 9.17) is 0 Å². The minimum absolute atomic E-state index is 0.233. The van der Waals surface area contributed by atoms with E-state index in [0.29, 0.717) is 16.9 Å². The molecule has 0 fully saturated rings. The van der Waals surface area contributed by atoms with Crippen molar-refractivity contribution in [2.24, 2.45) is 7.05 Å². The summed E-state index contributed by atoms with van der Waals surface area (Å²) >= 11 is 0. The molecular formula is C22H16N6O2. The number of rotatable bonds is 4. The number of anilines is 2. The van der Waals surface area contributed by atoms with E-state index in [1.165, 1.54) is 6.20 Å². The van der Waals surface area contributed by atoms with Crippen molar-refractivity contribution in [3.8, 4) is 11.1 Å². The van der Waals surface area contributed by atoms with Crippen molar-refractivity contribution in [3.63, 3.8) is 0 Å². The third kappa shape index (κ3) is 3.00. The average Bonchev–Trinajstić information content (AvgIpc) is 3.13. The molecule has 8 nitrogen and oxygen atoms in total. The van der Waals surface area contributed by atoms with Crippen LogP contribution in [0.2, 0.25) is 0 Å². The molecule has 0 amide bonds. The van der Waals surface area contributed by atoms with E-state index in [1.807, 2.05) is 31.4 Å². The fourth-order valence-electron chi connectivity index (χ4n) is 3.59. The van der Waals surface area contributed by atoms with Gasteiger partial charge in [0.1, 0.15) is 11.9 Å². The van der Waals surface area contributed by atoms with E-state index in [9.17, 15) is 10.1 Å². The van der Waals surface area contributed by atoms with Crippen LogP contribution < -0.4 is 5.32 Å². The zero-order valence-corrected chi connectivity index (χ0v) is 16.0. The molecule has 5 rings (SSSR count). The van der Waals surface area contributed by atoms with Gasteiger partial charge in [-0.2, -0.15) is 0 Å². The highest BCUT2D eigenvalue weighted by molar-refractivity contribution is 5.97. The topological polar surface area (TPSA) is 98.8 Å². The second-order valence-electron chi connectivity index (χ2n) is 6.90. The Morgan fingerprint density at radius 2 is 1.87 bits per heavy atom. The maximum absolute atomic E-state index is 11.3. The summed E-state index contributed by atoms with van der Waals surface area (Å²) in [7, 11) is 2.00. The lowest BCUT2D eigenvalue weighted by molar-refractivity contribution is -0.388. The molecule has 30 heavy (non-hydrogen) atoms. The first-order valence-electron chi connectivity index (χ1n) is 9.27. The Balaban J connectivity index is 1.68. The summed E-state index contributed by atoms with van der Waals surface area (Å²) < 4.78 is 2.06. The van der Waals surface area contributed by atoms with Gasteiger partial charge in [0.25, 0.3) is 0 Å². The molecule has 0 atom stereocenters. The first kappa shape index (κ1) is 17.7. The fourth-order valence-corrected chi connectivity index (χ4v) is 3.59. The van der Waals surface area contributed by atoms with E-state index in [2.05, 4.69) is 43.0 Å². The monoisotopic (exact) mass is 396 g/mol. The molecule has 0 radical (unpaired) electrons. The molecule has 0 aliphatic heterocycles. The Morgan fingerprint density at radius 3 is 2.73 bits per heavy atom. The van der Waals surface area contributed by atoms with Crippen LogP contribution in [0.5, 0.6) is 0 Å². The third-order valence-electron chi connectivity index (χ3n) is 5.01. The smallest absolute Gasteiger partial charge is 0.358 e. The van der Waals surface area contributed by atoms with Gasteiger partial charge in [0.2, 0.25) is 0 Å². The lowest BCUT2D eigenvalue weighted by atomic mass is 10.0. The van der Waals surface area contributed by atoms with Gasteiger partial charge in [-0.15, -0.1) is 0 Å². The summed E-state index contributed by atoms with van der Waals surface area (Å²) in [6.45, 7) is 0. The highest BCUT2D eigenvalue weighted by Crippen LogP contribution is 2.34. The molecule has 0 saturated carbocycles. The van der Waals surface area contributed by atoms with Gasteiger partial charge in [0.15, 0.2) is 0 Å². The summed E-state index contributed by atoms with van der Waals surface area (Å²) in [6, 6.07) is 15.3. The maximum Gasteiger partial charge on any atom is 0.387 e. The summed E-state index contributed by atoms with van der Waals surface area (Å²) in [5.74, 6) is -0.233. The lowest BCUT2D eigenvalue weighted by Crippen LogP contribution is -2.00. The second kappa shape index (κ2) is 6.93. The zero-order chi connectivity index (χ0) is 20.7. The standard InChI is InChI=1S/C22H16N6O2/c1-27-10-6-14-4-5-15(11-20(14)27)17-12-16(13-19-21(17)24-9-8-23-19)26-18-3-2-7-25-22(18)28(29)30/h2-13,26H,1H3. The van der Waals surface area contributed by atoms with E-state index in [-0.39, 0.29) is 5.82 Å². The van der Waals surface area contributed by atoms with Gasteiger partial charge in [-0.3, -0.25) is 9.97 Å². The Kier molecular flexibility index (Phi) is 4.10. The van der Waals surface area contributed by atoms with Crippen LogP contribution in [0.25, 0.3) is 33.1 Å². The molecule has 2 aromatic carbocycles. The summed E-state index contributed by atoms with van der Waals surface area (Å²) in [5, 5.41) is 15.6. The molecule has 146 valence electrons. The Hall–Kier alpha value is -4.33. The number of aromatic nitrogens is 4. The normalized spacial score (nSPS) is 11.1. The summed E-state index contributed by atoms with van der Waals surface area (Å²) in [6.07, 6.45) is 6.70. The number of benzene rings is 2. The van der Waals surface area contributed by atoms with E-state index >= 15 is 0 Å². The number of hydrogen-bond donors (Lipinski definition) is 1. The van der Waals surface area contributed by atoms with Crippen LogP contribution in [-0.2, 0) is 7.05 Å². The number of aryl methyl sites for hydroxylation is 1. The first-order valence-corrected chi connectivity index (χ1v) is 9.27. The van der Waals surface area contributed by atoms with Gasteiger partial charge in [-0.25, -0.2) is 0 Å². The minimum atomic E-state index is -0.507. The molecule has 0 bridgehead atoms. The third-order valence-corrected chi connectivity index (χ3v) is 5.01. The van der Waals surface area contributed by atoms with Crippen molar-refractivity contribution in [2.75, 3.05) is 5.32 Å². The van der Waals surface area contributed by atoms with Gasteiger partial charge in [-0.05, 0) is 57.3 Å². The average molecular weight is 396 g/mol. The van der Waals surface area contributed by atoms with Crippen LogP contribution in [0.1, 0.15) is 0 Å². The summed E-state index contributed by atoms with van der Waals surface area (Å²) in [5.41, 5.74) is 5.41. The van der Waals surface area contributed by atoms with Crippen LogP contribution >= 0.6 is 0 Å². The minimum Gasteiger partial charge on any atom is -0.358 e. The number of nitrogens with one attached hydrogen (secondary N) is 1. The SMILES string of the molecule is Cn1ccc2ccc(-c3cc(Nc4cccnc4[N+](=O)[O-])cc4nccnc34)cc21. The van der Waals surface area contributed by atoms with Crippen molar-refractivity contribution >= 4 is 39.1 Å². The van der Waals surface area contributed by atoms with Crippen LogP contribution in [-0.4, -0.2) is 24.4 Å². The Labute approximate surface area is 171 Å². The zero-order valence-electron chi connectivity index (χ0n) is 16.0. The highest BCUT2D eigenvalue weighted by Gasteiger charge is 2.16. The van der Waals surface area contributed by atoms with Gasteiger partial charge >= 0.3 is 5.82 Å². The molecule has 0 aliphatic carbocycles. The highest BCUT2D eigenvalue weighted by atomic mass is 16.6. The molecule has 0 spiro atoms. The van der Waals surface area contributed by atoms with Crippen LogP contribution in [0, 0.1) is 10.1 Å². The van der Waals surface area contributed by atoms with Crippen molar-refractivity contribution in [1.82, 2.24) is 19.5 Å². The molecule has 3 aromatic heterocycles. The number of fused-ring (bicyclic) bond motifs is 2. The second-order valence-corrected chi connectivity index (χ2v) is 6.90. The molecule has 0 aliphatic rings. The van der Waals surface area contributed by atoms with Crippen molar-refractivity contribution < 1.29 is 4.92 Å². The quantitative estimate of drug-likeness (QED) is 0.345. The van der Waals surface area contributed by atoms with E-state index in [1.54, 1.807) is 24.5 Å². The van der Waals surface area contributed by atoms with Crippen molar-refractivity contribution in [3.05, 3.63) is 83.4 Å². The molecule has 5 aromatic rings. The Bertz CT molecular complexity index is 1430. The predicted molar refractivity (Wildman–Crippen MR) is 116 cm³/mol. The van der Waals surface area contributed by atoms with Gasteiger partial charge < -0.3 is 20.0 Å². The van der Waals surface area contributed by atoms with Gasteiger partial charge in [0.05, 0.1) is 11.0 Å². The van der Waals surface area contributed by atoms with Crippen molar-refractivity contribution in [1.29, 1.82) is 0 Å². The molecular weight excluding hydrogens is 380 g/mol. The number of nitro groups is 1. The molecule has 0 saturated heterocycles. The summed E-state index contributed by atoms with van der Waals surface area (Å²) in [4.78, 5) is 23.6. The lowest BCUT2D eigenvalue weighted by Gasteiger charge is -2.12. The number of pyridine rings is 1. The molecule has 1 N–H and O–H groups in total. The van der Waals surface area contributed by atoms with Gasteiger partial charge in [-0.1, -0.05) is 12.1 Å². The Morgan fingerprint density at radius 1 is 1.00 bits per heavy atom. The molecule has 8 heteroatoms. The van der Waals surface area contributed by atoms with E-state index in [0.717, 1.165) is 27.5 Å². The van der Waals surface area contributed by atoms with Gasteiger partial charge in [0, 0.05) is 42.4 Å². The number of hydrogen-bond acceptors (Lipinski definition) is 6. The molecule has 3 heterocycles.